The lowest BCUT2D eigenvalue weighted by Gasteiger charge is -1.99. The van der Waals surface area contributed by atoms with Crippen LogP contribution >= 0.6 is 11.3 Å². The highest BCUT2D eigenvalue weighted by atomic mass is 32.1. The third kappa shape index (κ3) is 2.32. The van der Waals surface area contributed by atoms with Gasteiger partial charge in [-0.2, -0.15) is 5.26 Å². The number of hydrogen-bond donors (Lipinski definition) is 1. The predicted molar refractivity (Wildman–Crippen MR) is 93.2 cm³/mol. The number of benzene rings is 1. The number of nitriles is 1. The number of ether oxygens (including phenoxy) is 1. The first-order valence-electron chi connectivity index (χ1n) is 7.54. The highest BCUT2D eigenvalue weighted by Crippen LogP contribution is 2.40. The van der Waals surface area contributed by atoms with Gasteiger partial charge in [0.25, 0.3) is 0 Å². The van der Waals surface area contributed by atoms with Gasteiger partial charge in [0, 0.05) is 33.8 Å². The average Bonchev–Trinajstić information content (AvgIpc) is 3.26. The van der Waals surface area contributed by atoms with Crippen LogP contribution in [-0.2, 0) is 12.8 Å². The monoisotopic (exact) mass is 321 g/mol. The van der Waals surface area contributed by atoms with Gasteiger partial charge in [0.15, 0.2) is 0 Å². The highest BCUT2D eigenvalue weighted by molar-refractivity contribution is 7.16. The number of aryl methyl sites for hydroxylation is 1. The standard InChI is InChI=1S/C18H15N3OS/c1-22-12-5-6-16-14(7-12)11(9-20-16)10-21-18-15(8-19)13-3-2-4-17(13)23-18/h5-7,9-10,20H,2-4H2,1H3. The van der Waals surface area contributed by atoms with E-state index in [9.17, 15) is 5.26 Å². The average molecular weight is 321 g/mol. The zero-order valence-corrected chi connectivity index (χ0v) is 13.5. The number of methoxy groups -OCH3 is 1. The molecule has 2 heterocycles. The molecule has 0 atom stereocenters. The van der Waals surface area contributed by atoms with Crippen molar-refractivity contribution in [2.45, 2.75) is 19.3 Å². The van der Waals surface area contributed by atoms with Crippen molar-refractivity contribution in [1.82, 2.24) is 4.98 Å². The van der Waals surface area contributed by atoms with Gasteiger partial charge >= 0.3 is 0 Å². The second-order valence-corrected chi connectivity index (χ2v) is 6.65. The summed E-state index contributed by atoms with van der Waals surface area (Å²) in [6.45, 7) is 0. The molecular weight excluding hydrogens is 306 g/mol. The van der Waals surface area contributed by atoms with E-state index in [1.54, 1.807) is 18.4 Å². The van der Waals surface area contributed by atoms with E-state index in [2.05, 4.69) is 16.0 Å². The second-order valence-electron chi connectivity index (χ2n) is 5.56. The first kappa shape index (κ1) is 14.0. The van der Waals surface area contributed by atoms with E-state index in [0.29, 0.717) is 0 Å². The number of rotatable bonds is 3. The van der Waals surface area contributed by atoms with Gasteiger partial charge in [-0.3, -0.25) is 0 Å². The first-order chi connectivity index (χ1) is 11.3. The molecule has 0 bridgehead atoms. The van der Waals surface area contributed by atoms with Crippen LogP contribution in [0.5, 0.6) is 5.75 Å². The molecule has 3 aromatic rings. The second kappa shape index (κ2) is 5.56. The number of aromatic nitrogens is 1. The Kier molecular flexibility index (Phi) is 3.40. The van der Waals surface area contributed by atoms with E-state index < -0.39 is 0 Å². The molecule has 4 nitrogen and oxygen atoms in total. The minimum atomic E-state index is 0.760. The molecular formula is C18H15N3OS. The number of aromatic amines is 1. The molecule has 0 amide bonds. The lowest BCUT2D eigenvalue weighted by atomic mass is 10.1. The summed E-state index contributed by atoms with van der Waals surface area (Å²) in [5, 5.41) is 11.3. The van der Waals surface area contributed by atoms with E-state index in [1.807, 2.05) is 30.6 Å². The van der Waals surface area contributed by atoms with Crippen LogP contribution in [-0.4, -0.2) is 18.3 Å². The molecule has 0 radical (unpaired) electrons. The van der Waals surface area contributed by atoms with Crippen LogP contribution in [0.25, 0.3) is 10.9 Å². The summed E-state index contributed by atoms with van der Waals surface area (Å²) in [4.78, 5) is 9.16. The van der Waals surface area contributed by atoms with Crippen LogP contribution in [0, 0.1) is 11.3 Å². The Bertz CT molecular complexity index is 959. The summed E-state index contributed by atoms with van der Waals surface area (Å²) < 4.78 is 5.29. The normalized spacial score (nSPS) is 13.6. The van der Waals surface area contributed by atoms with Crippen molar-refractivity contribution in [3.63, 3.8) is 0 Å². The maximum absolute atomic E-state index is 9.43. The molecule has 23 heavy (non-hydrogen) atoms. The molecule has 5 heteroatoms. The SMILES string of the molecule is COc1ccc2[nH]cc(C=Nc3sc4c(c3C#N)CCC4)c2c1. The molecule has 0 aliphatic heterocycles. The summed E-state index contributed by atoms with van der Waals surface area (Å²) in [6.07, 6.45) is 7.01. The molecule has 1 N–H and O–H groups in total. The summed E-state index contributed by atoms with van der Waals surface area (Å²) in [5.41, 5.74) is 4.01. The fourth-order valence-corrected chi connectivity index (χ4v) is 4.26. The van der Waals surface area contributed by atoms with Crippen molar-refractivity contribution >= 4 is 33.5 Å². The van der Waals surface area contributed by atoms with Crippen molar-refractivity contribution in [3.8, 4) is 11.8 Å². The Labute approximate surface area is 138 Å². The molecule has 1 aliphatic rings. The zero-order valence-electron chi connectivity index (χ0n) is 12.7. The van der Waals surface area contributed by atoms with E-state index in [0.717, 1.165) is 52.0 Å². The molecule has 0 saturated carbocycles. The Hall–Kier alpha value is -2.58. The predicted octanol–water partition coefficient (Wildman–Crippen LogP) is 4.35. The van der Waals surface area contributed by atoms with Gasteiger partial charge in [0.2, 0.25) is 0 Å². The topological polar surface area (TPSA) is 61.2 Å². The van der Waals surface area contributed by atoms with Gasteiger partial charge in [0.1, 0.15) is 16.8 Å². The van der Waals surface area contributed by atoms with Crippen LogP contribution < -0.4 is 4.74 Å². The minimum absolute atomic E-state index is 0.760. The summed E-state index contributed by atoms with van der Waals surface area (Å²) >= 11 is 1.65. The lowest BCUT2D eigenvalue weighted by molar-refractivity contribution is 0.415. The molecule has 0 fully saturated rings. The molecule has 4 rings (SSSR count). The Morgan fingerprint density at radius 3 is 3.13 bits per heavy atom. The first-order valence-corrected chi connectivity index (χ1v) is 8.35. The third-order valence-electron chi connectivity index (χ3n) is 4.26. The van der Waals surface area contributed by atoms with Crippen molar-refractivity contribution in [2.75, 3.05) is 7.11 Å². The molecule has 0 unspecified atom stereocenters. The van der Waals surface area contributed by atoms with Gasteiger partial charge < -0.3 is 9.72 Å². The lowest BCUT2D eigenvalue weighted by Crippen LogP contribution is -1.83. The number of nitrogens with one attached hydrogen (secondary N) is 1. The Morgan fingerprint density at radius 1 is 1.39 bits per heavy atom. The largest absolute Gasteiger partial charge is 0.497 e. The van der Waals surface area contributed by atoms with E-state index >= 15 is 0 Å². The van der Waals surface area contributed by atoms with Crippen LogP contribution in [0.1, 0.15) is 28.0 Å². The van der Waals surface area contributed by atoms with Gasteiger partial charge in [-0.15, -0.1) is 11.3 Å². The number of nitrogens with zero attached hydrogens (tertiary/aromatic N) is 2. The number of aliphatic imine (C=N–C) groups is 1. The summed E-state index contributed by atoms with van der Waals surface area (Å²) in [5.74, 6) is 0.819. The van der Waals surface area contributed by atoms with Gasteiger partial charge in [-0.05, 0) is 43.0 Å². The smallest absolute Gasteiger partial charge is 0.134 e. The molecule has 1 aliphatic carbocycles. The molecule has 2 aromatic heterocycles. The quantitative estimate of drug-likeness (QED) is 0.729. The van der Waals surface area contributed by atoms with Crippen molar-refractivity contribution < 1.29 is 4.74 Å². The van der Waals surface area contributed by atoms with Crippen LogP contribution in [0.15, 0.2) is 29.4 Å². The number of thiophene rings is 1. The summed E-state index contributed by atoms with van der Waals surface area (Å²) in [7, 11) is 1.66. The van der Waals surface area contributed by atoms with E-state index in [4.69, 9.17) is 4.74 Å². The van der Waals surface area contributed by atoms with Crippen molar-refractivity contribution in [3.05, 3.63) is 46.0 Å². The van der Waals surface area contributed by atoms with Crippen LogP contribution in [0.2, 0.25) is 0 Å². The number of hydrogen-bond acceptors (Lipinski definition) is 4. The van der Waals surface area contributed by atoms with Crippen molar-refractivity contribution in [2.24, 2.45) is 4.99 Å². The van der Waals surface area contributed by atoms with E-state index in [-0.39, 0.29) is 0 Å². The summed E-state index contributed by atoms with van der Waals surface area (Å²) in [6, 6.07) is 8.24. The van der Waals surface area contributed by atoms with Gasteiger partial charge in [-0.1, -0.05) is 0 Å². The van der Waals surface area contributed by atoms with Crippen molar-refractivity contribution in [1.29, 1.82) is 5.26 Å². The van der Waals surface area contributed by atoms with Gasteiger partial charge in [-0.25, -0.2) is 4.99 Å². The van der Waals surface area contributed by atoms with E-state index in [1.165, 1.54) is 10.4 Å². The Balaban J connectivity index is 1.74. The highest BCUT2D eigenvalue weighted by Gasteiger charge is 2.21. The zero-order chi connectivity index (χ0) is 15.8. The van der Waals surface area contributed by atoms with Crippen LogP contribution in [0.4, 0.5) is 5.00 Å². The minimum Gasteiger partial charge on any atom is -0.497 e. The third-order valence-corrected chi connectivity index (χ3v) is 5.46. The number of fused-ring (bicyclic) bond motifs is 2. The maximum atomic E-state index is 9.43. The number of H-pyrrole nitrogens is 1. The Morgan fingerprint density at radius 2 is 2.30 bits per heavy atom. The maximum Gasteiger partial charge on any atom is 0.134 e. The molecule has 0 spiro atoms. The molecule has 0 saturated heterocycles. The molecule has 114 valence electrons. The van der Waals surface area contributed by atoms with Crippen LogP contribution in [0.3, 0.4) is 0 Å². The molecule has 1 aromatic carbocycles. The van der Waals surface area contributed by atoms with Gasteiger partial charge in [0.05, 0.1) is 12.7 Å². The fourth-order valence-electron chi connectivity index (χ4n) is 3.08. The fraction of sp³-hybridized carbons (Fsp3) is 0.222.